The predicted molar refractivity (Wildman–Crippen MR) is 389 cm³/mol. The number of carbonyl (C=O) groups excluding carboxylic acids is 3. The number of aliphatic hydroxyl groups is 15. The van der Waals surface area contributed by atoms with Crippen molar-refractivity contribution in [3.05, 3.63) is 12.2 Å². The Labute approximate surface area is 649 Å². The smallest absolute Gasteiger partial charge is 0.397 e. The minimum absolute atomic E-state index is 0.149. The molecule has 648 valence electrons. The topological polar surface area (TPSA) is 584 Å². The molecule has 38 heteroatoms. The number of aliphatic hydroxyl groups excluding tert-OH is 15. The molecule has 0 aromatic rings. The zero-order valence-corrected chi connectivity index (χ0v) is 65.3. The van der Waals surface area contributed by atoms with E-state index >= 15 is 0 Å². The summed E-state index contributed by atoms with van der Waals surface area (Å²) in [5.74, 6) is -7.63. The van der Waals surface area contributed by atoms with Crippen LogP contribution >= 0.6 is 0 Å². The Morgan fingerprint density at radius 1 is 0.523 bits per heavy atom. The number of aliphatic carboxylic acids is 1. The maximum absolute atomic E-state index is 13.5. The second-order valence-electron chi connectivity index (χ2n) is 29.8. The van der Waals surface area contributed by atoms with Crippen LogP contribution in [0.2, 0.25) is 0 Å². The first-order chi connectivity index (χ1) is 52.9. The fourth-order valence-corrected chi connectivity index (χ4v) is 14.8. The molecule has 0 spiro atoms. The molecule has 5 aliphatic rings. The van der Waals surface area contributed by atoms with Crippen molar-refractivity contribution >= 4 is 34.1 Å². The van der Waals surface area contributed by atoms with Crippen LogP contribution in [0.25, 0.3) is 0 Å². The number of carbonyl (C=O) groups is 4. The first-order valence-corrected chi connectivity index (χ1v) is 41.1. The number of allylic oxidation sites excluding steroid dienone is 1. The normalized spacial score (nSPS) is 33.9. The lowest BCUT2D eigenvalue weighted by molar-refractivity contribution is -0.390. The maximum atomic E-state index is 13.5. The van der Waals surface area contributed by atoms with Gasteiger partial charge in [0, 0.05) is 26.7 Å². The van der Waals surface area contributed by atoms with Crippen molar-refractivity contribution < 1.29 is 165 Å². The number of ether oxygens (including phenoxy) is 10. The van der Waals surface area contributed by atoms with Crippen molar-refractivity contribution in [1.82, 2.24) is 16.0 Å². The Morgan fingerprint density at radius 2 is 0.964 bits per heavy atom. The molecule has 0 aromatic heterocycles. The minimum Gasteiger partial charge on any atom is -0.477 e. The van der Waals surface area contributed by atoms with Gasteiger partial charge in [-0.25, -0.2) is 8.98 Å². The van der Waals surface area contributed by atoms with E-state index in [1.165, 1.54) is 109 Å². The Balaban J connectivity index is 1.30. The summed E-state index contributed by atoms with van der Waals surface area (Å²) in [5, 5.41) is 186. The molecule has 28 atom stereocenters. The van der Waals surface area contributed by atoms with Crippen LogP contribution in [0.15, 0.2) is 12.2 Å². The molecule has 0 bridgehead atoms. The molecular formula is C73H131N3O34S. The van der Waals surface area contributed by atoms with E-state index in [1.807, 2.05) is 6.08 Å². The molecule has 37 nitrogen and oxygen atoms in total. The first-order valence-electron chi connectivity index (χ1n) is 39.7. The van der Waals surface area contributed by atoms with Crippen LogP contribution in [-0.4, -0.2) is 329 Å². The van der Waals surface area contributed by atoms with Crippen LogP contribution in [0.3, 0.4) is 0 Å². The molecule has 0 radical (unpaired) electrons. The number of nitrogens with one attached hydrogen (secondary N) is 3. The summed E-state index contributed by atoms with van der Waals surface area (Å²) in [7, 11) is -5.48. The number of hydrogen-bond donors (Lipinski definition) is 20. The molecule has 0 aliphatic carbocycles. The van der Waals surface area contributed by atoms with E-state index in [2.05, 4.69) is 34.0 Å². The molecule has 111 heavy (non-hydrogen) atoms. The minimum atomic E-state index is -5.48. The number of hydrogen-bond acceptors (Lipinski definition) is 32. The largest absolute Gasteiger partial charge is 0.477 e. The number of carboxylic acids is 1. The molecule has 5 aliphatic heterocycles. The van der Waals surface area contributed by atoms with Gasteiger partial charge in [0.2, 0.25) is 17.7 Å². The van der Waals surface area contributed by atoms with Gasteiger partial charge in [-0.15, -0.1) is 0 Å². The van der Waals surface area contributed by atoms with Crippen molar-refractivity contribution in [2.75, 3.05) is 39.6 Å². The van der Waals surface area contributed by atoms with Crippen molar-refractivity contribution in [3.8, 4) is 0 Å². The molecule has 5 rings (SSSR count). The van der Waals surface area contributed by atoms with Crippen molar-refractivity contribution in [2.45, 2.75) is 385 Å². The number of amides is 3. The Kier molecular flexibility index (Phi) is 45.0. The highest BCUT2D eigenvalue weighted by Crippen LogP contribution is 2.40. The summed E-state index contributed by atoms with van der Waals surface area (Å²) >= 11 is 0. The Hall–Kier alpha value is -3.51. The monoisotopic (exact) mass is 1630 g/mol. The molecule has 0 unspecified atom stereocenters. The molecule has 3 amide bonds. The van der Waals surface area contributed by atoms with Gasteiger partial charge in [-0.2, -0.15) is 8.42 Å². The average molecular weight is 1630 g/mol. The third-order valence-electron chi connectivity index (χ3n) is 20.8. The molecule has 0 aromatic carbocycles. The third kappa shape index (κ3) is 31.4. The maximum Gasteiger partial charge on any atom is 0.397 e. The van der Waals surface area contributed by atoms with E-state index in [0.29, 0.717) is 12.8 Å². The second kappa shape index (κ2) is 51.0. The summed E-state index contributed by atoms with van der Waals surface area (Å²) in [6.45, 7) is -0.0502. The zero-order valence-electron chi connectivity index (χ0n) is 64.4. The molecule has 20 N–H and O–H groups in total. The summed E-state index contributed by atoms with van der Waals surface area (Å²) in [5.41, 5.74) is 0. The Morgan fingerprint density at radius 3 is 1.44 bits per heavy atom. The van der Waals surface area contributed by atoms with Crippen LogP contribution in [0.1, 0.15) is 214 Å². The first kappa shape index (κ1) is 98.1. The van der Waals surface area contributed by atoms with Crippen LogP contribution in [0.5, 0.6) is 0 Å². The van der Waals surface area contributed by atoms with Crippen LogP contribution in [-0.2, 0) is 81.1 Å². The summed E-state index contributed by atoms with van der Waals surface area (Å²) < 4.78 is 97.2. The van der Waals surface area contributed by atoms with Gasteiger partial charge in [0.25, 0.3) is 5.79 Å². The Bertz CT molecular complexity index is 2770. The van der Waals surface area contributed by atoms with Gasteiger partial charge in [-0.05, 0) is 19.3 Å². The van der Waals surface area contributed by atoms with Crippen molar-refractivity contribution in [2.24, 2.45) is 0 Å². The van der Waals surface area contributed by atoms with Gasteiger partial charge in [0.1, 0.15) is 116 Å². The van der Waals surface area contributed by atoms with Gasteiger partial charge in [0.05, 0.1) is 63.9 Å². The van der Waals surface area contributed by atoms with E-state index in [4.69, 9.17) is 47.4 Å². The van der Waals surface area contributed by atoms with Gasteiger partial charge in [-0.3, -0.25) is 18.9 Å². The van der Waals surface area contributed by atoms with Crippen molar-refractivity contribution in [1.29, 1.82) is 0 Å². The quantitative estimate of drug-likeness (QED) is 0.0193. The lowest BCUT2D eigenvalue weighted by Gasteiger charge is -2.51. The third-order valence-corrected chi connectivity index (χ3v) is 21.2. The lowest BCUT2D eigenvalue weighted by Crippen LogP contribution is -2.71. The van der Waals surface area contributed by atoms with E-state index in [1.54, 1.807) is 6.08 Å². The molecular weight excluding hydrogens is 1490 g/mol. The summed E-state index contributed by atoms with van der Waals surface area (Å²) in [4.78, 5) is 51.9. The predicted octanol–water partition coefficient (Wildman–Crippen LogP) is -1.22. The molecule has 5 heterocycles. The van der Waals surface area contributed by atoms with Crippen LogP contribution < -0.4 is 16.0 Å². The molecule has 5 fully saturated rings. The fraction of sp³-hybridized carbons (Fsp3) is 0.918. The highest BCUT2D eigenvalue weighted by Gasteiger charge is 2.61. The highest BCUT2D eigenvalue weighted by molar-refractivity contribution is 7.80. The standard InChI is InChI=1S/C73H131N3O34S/c1-5-7-9-11-13-15-17-19-20-22-24-26-28-30-32-34-52(86)76-44(45(83)33-31-29-27-25-23-21-18-16-14-12-10-8-6-2)40-100-69-60(92)59(91)63(50(39-80)104-69)106-70-61(93)66(56(88)48(37-78)102-70)108-68-54(75-43(4)82)58(90)64(51(105-68)41-101-111(97,98)99)107-71-62(94)67(57(89)49(38-79)103-71)110-73(72(95)96)35-46(84)53(74-42(3)81)65(109-73)55(87)47(85)36-77/h31,33,44-51,53-71,77-80,83-85,87-94H,5-30,32,34-41H2,1-4H3,(H,74,81)(H,75,82)(H,76,86)(H,95,96)(H,97,98,99)/b33-31+/t44-,45+,46-,47+,48+,49+,50+,51+,53+,54+,55+,56-,57-,58+,59+,60+,61+,62+,63+,64+,65+,66-,67-,68-,69+,70-,71-,73-/m0/s1. The molecule has 0 saturated carbocycles. The van der Waals surface area contributed by atoms with Gasteiger partial charge in [0.15, 0.2) is 25.2 Å². The van der Waals surface area contributed by atoms with E-state index in [-0.39, 0.29) is 12.3 Å². The highest BCUT2D eigenvalue weighted by atomic mass is 32.3. The second-order valence-corrected chi connectivity index (χ2v) is 30.9. The number of carboxylic acid groups (broad SMARTS) is 1. The van der Waals surface area contributed by atoms with Crippen molar-refractivity contribution in [3.63, 3.8) is 0 Å². The van der Waals surface area contributed by atoms with E-state index in [9.17, 15) is 114 Å². The zero-order chi connectivity index (χ0) is 82.0. The summed E-state index contributed by atoms with van der Waals surface area (Å²) in [6, 6.07) is -4.86. The van der Waals surface area contributed by atoms with Gasteiger partial charge in [-0.1, -0.05) is 180 Å². The van der Waals surface area contributed by atoms with Crippen LogP contribution in [0, 0.1) is 0 Å². The average Bonchev–Trinajstić information content (AvgIpc) is 0.758. The van der Waals surface area contributed by atoms with E-state index < -0.39 is 245 Å². The molecule has 5 saturated heterocycles. The van der Waals surface area contributed by atoms with Gasteiger partial charge < -0.3 is 145 Å². The van der Waals surface area contributed by atoms with Gasteiger partial charge >= 0.3 is 16.4 Å². The fourth-order valence-electron chi connectivity index (χ4n) is 14.5. The lowest BCUT2D eigenvalue weighted by atomic mass is 9.88. The summed E-state index contributed by atoms with van der Waals surface area (Å²) in [6.07, 6.45) is -17.9. The van der Waals surface area contributed by atoms with Crippen LogP contribution in [0.4, 0.5) is 0 Å². The number of rotatable bonds is 54. The van der Waals surface area contributed by atoms with E-state index in [0.717, 1.165) is 65.2 Å². The SMILES string of the molecule is CCCCCCCCCCCCC/C=C/[C@@H](O)[C@H](CO[C@@H]1O[C@H](CO)[C@@H](O[C@@H]2O[C@H](CO)[C@H](O)[C@H](O[C@@H]3O[C@H](COS(=O)(=O)O)[C@@H](O[C@@H]4O[C@H](CO)[C@H](O)[C@H](O[C@]5(C(=O)O)C[C@H](O)[C@@H](NC(C)=O)[C@H]([C@H](O)[C@H](O)CO)O5)[C@H]4O)[C@H](O)[C@H]3NC(C)=O)[C@H]2O)[C@H](O)[C@H]1O)NC(=O)CCCCCCCCCCCCCCCCC. The number of unbranched alkanes of at least 4 members (excludes halogenated alkanes) is 25.